The number of cyclic esters (lactones) is 1. The Labute approximate surface area is 102 Å². The van der Waals surface area contributed by atoms with E-state index in [9.17, 15) is 4.79 Å². The summed E-state index contributed by atoms with van der Waals surface area (Å²) in [6.07, 6.45) is 2.69. The third-order valence-corrected chi connectivity index (χ3v) is 4.59. The summed E-state index contributed by atoms with van der Waals surface area (Å²) in [5.41, 5.74) is 1.12. The maximum atomic E-state index is 11.5. The molecule has 0 spiro atoms. The van der Waals surface area contributed by atoms with Crippen molar-refractivity contribution in [3.63, 3.8) is 0 Å². The number of carbonyl (C=O) groups excluding carboxylic acids is 1. The highest BCUT2D eigenvalue weighted by Gasteiger charge is 2.41. The Balaban J connectivity index is 2.84. The molecule has 0 amide bonds. The Morgan fingerprint density at radius 2 is 2.21 bits per heavy atom. The molecule has 0 N–H and O–H groups in total. The van der Waals surface area contributed by atoms with Crippen LogP contribution in [0, 0.1) is 0 Å². The van der Waals surface area contributed by atoms with Crippen molar-refractivity contribution in [2.45, 2.75) is 30.7 Å². The number of esters is 1. The van der Waals surface area contributed by atoms with Crippen LogP contribution in [-0.2, 0) is 9.53 Å². The summed E-state index contributed by atoms with van der Waals surface area (Å²) in [6.45, 7) is 2.07. The second-order valence-corrected chi connectivity index (χ2v) is 5.09. The lowest BCUT2D eigenvalue weighted by Gasteiger charge is -2.19. The van der Waals surface area contributed by atoms with E-state index in [2.05, 4.69) is 38.8 Å². The molecule has 1 atom stereocenters. The molecule has 0 saturated heterocycles. The molecular weight excluding hydrogens is 311 g/mol. The maximum absolute atomic E-state index is 11.5. The van der Waals surface area contributed by atoms with Crippen molar-refractivity contribution < 1.29 is 9.53 Å². The Morgan fingerprint density at radius 3 is 2.64 bits per heavy atom. The van der Waals surface area contributed by atoms with E-state index in [1.54, 1.807) is 0 Å². The predicted octanol–water partition coefficient (Wildman–Crippen LogP) is 2.64. The van der Waals surface area contributed by atoms with Crippen LogP contribution in [0.15, 0.2) is 11.0 Å². The Morgan fingerprint density at radius 1 is 1.57 bits per heavy atom. The van der Waals surface area contributed by atoms with Crippen molar-refractivity contribution in [3.05, 3.63) is 11.0 Å². The average molecular weight is 322 g/mol. The minimum absolute atomic E-state index is 0.299. The van der Waals surface area contributed by atoms with Gasteiger partial charge in [-0.2, -0.15) is 0 Å². The number of carbonyl (C=O) groups is 1. The zero-order valence-corrected chi connectivity index (χ0v) is 11.2. The molecule has 1 heterocycles. The van der Waals surface area contributed by atoms with E-state index in [0.717, 1.165) is 12.8 Å². The maximum Gasteiger partial charge on any atom is 0.334 e. The SMILES string of the molecule is [B]C1=C(CCCC)C(=O)OC1(Br)CBr. The van der Waals surface area contributed by atoms with Crippen LogP contribution >= 0.6 is 31.9 Å². The van der Waals surface area contributed by atoms with Crippen molar-refractivity contribution in [2.75, 3.05) is 5.33 Å². The van der Waals surface area contributed by atoms with E-state index in [0.29, 0.717) is 22.8 Å². The lowest BCUT2D eigenvalue weighted by Crippen LogP contribution is -2.26. The number of rotatable bonds is 4. The van der Waals surface area contributed by atoms with Gasteiger partial charge in [0.1, 0.15) is 7.85 Å². The molecule has 0 aromatic rings. The van der Waals surface area contributed by atoms with E-state index in [1.165, 1.54) is 0 Å². The zero-order valence-electron chi connectivity index (χ0n) is 7.98. The Bertz CT molecular complexity index is 278. The monoisotopic (exact) mass is 320 g/mol. The highest BCUT2D eigenvalue weighted by atomic mass is 79.9. The van der Waals surface area contributed by atoms with E-state index in [1.807, 2.05) is 0 Å². The lowest BCUT2D eigenvalue weighted by molar-refractivity contribution is -0.140. The van der Waals surface area contributed by atoms with Crippen LogP contribution in [0.1, 0.15) is 26.2 Å². The molecule has 1 aliphatic heterocycles. The van der Waals surface area contributed by atoms with Gasteiger partial charge in [0.25, 0.3) is 0 Å². The molecule has 0 aliphatic carbocycles. The molecule has 76 valence electrons. The van der Waals surface area contributed by atoms with E-state index in [4.69, 9.17) is 12.6 Å². The van der Waals surface area contributed by atoms with E-state index < -0.39 is 4.51 Å². The second-order valence-electron chi connectivity index (χ2n) is 3.25. The molecule has 1 rings (SSSR count). The zero-order chi connectivity index (χ0) is 10.8. The average Bonchev–Trinajstić information content (AvgIpc) is 2.37. The van der Waals surface area contributed by atoms with Gasteiger partial charge in [-0.05, 0) is 28.8 Å². The van der Waals surface area contributed by atoms with Crippen LogP contribution in [0.5, 0.6) is 0 Å². The minimum Gasteiger partial charge on any atom is -0.440 e. The van der Waals surface area contributed by atoms with Crippen molar-refractivity contribution in [3.8, 4) is 0 Å². The highest BCUT2D eigenvalue weighted by molar-refractivity contribution is 9.12. The van der Waals surface area contributed by atoms with Crippen molar-refractivity contribution >= 4 is 45.7 Å². The first-order valence-corrected chi connectivity index (χ1v) is 6.44. The molecule has 14 heavy (non-hydrogen) atoms. The van der Waals surface area contributed by atoms with Crippen molar-refractivity contribution in [2.24, 2.45) is 0 Å². The van der Waals surface area contributed by atoms with Crippen LogP contribution < -0.4 is 0 Å². The van der Waals surface area contributed by atoms with Crippen LogP contribution in [0.25, 0.3) is 0 Å². The fourth-order valence-electron chi connectivity index (χ4n) is 1.29. The van der Waals surface area contributed by atoms with E-state index >= 15 is 0 Å². The van der Waals surface area contributed by atoms with Crippen LogP contribution in [0.4, 0.5) is 0 Å². The first-order chi connectivity index (χ1) is 6.55. The first kappa shape index (κ1) is 12.3. The lowest BCUT2D eigenvalue weighted by atomic mass is 9.86. The summed E-state index contributed by atoms with van der Waals surface area (Å²) >= 11 is 6.57. The molecule has 1 unspecified atom stereocenters. The molecule has 2 radical (unpaired) electrons. The van der Waals surface area contributed by atoms with E-state index in [-0.39, 0.29) is 5.97 Å². The van der Waals surface area contributed by atoms with Gasteiger partial charge >= 0.3 is 5.97 Å². The van der Waals surface area contributed by atoms with Gasteiger partial charge in [-0.15, -0.1) is 0 Å². The molecule has 0 saturated carbocycles. The van der Waals surface area contributed by atoms with Gasteiger partial charge in [-0.25, -0.2) is 4.79 Å². The van der Waals surface area contributed by atoms with Crippen LogP contribution in [-0.4, -0.2) is 23.7 Å². The molecule has 2 nitrogen and oxygen atoms in total. The number of alkyl halides is 2. The van der Waals surface area contributed by atoms with Crippen molar-refractivity contribution in [1.29, 1.82) is 0 Å². The van der Waals surface area contributed by atoms with Gasteiger partial charge in [0.2, 0.25) is 0 Å². The van der Waals surface area contributed by atoms with Crippen molar-refractivity contribution in [1.82, 2.24) is 0 Å². The van der Waals surface area contributed by atoms with Gasteiger partial charge in [0.15, 0.2) is 4.51 Å². The Kier molecular flexibility index (Phi) is 4.25. The minimum atomic E-state index is -0.826. The quantitative estimate of drug-likeness (QED) is 0.452. The molecular formula is C9H11BBr2O2. The molecule has 5 heteroatoms. The first-order valence-electron chi connectivity index (χ1n) is 4.52. The van der Waals surface area contributed by atoms with Gasteiger partial charge in [0, 0.05) is 5.57 Å². The number of hydrogen-bond donors (Lipinski definition) is 0. The normalized spacial score (nSPS) is 26.9. The summed E-state index contributed by atoms with van der Waals surface area (Å²) < 4.78 is 4.33. The number of halogens is 2. The summed E-state index contributed by atoms with van der Waals surface area (Å²) in [6, 6.07) is 0. The van der Waals surface area contributed by atoms with Crippen LogP contribution in [0.3, 0.4) is 0 Å². The second kappa shape index (κ2) is 4.84. The smallest absolute Gasteiger partial charge is 0.334 e. The van der Waals surface area contributed by atoms with Gasteiger partial charge in [-0.3, -0.25) is 0 Å². The van der Waals surface area contributed by atoms with Gasteiger partial charge in [-0.1, -0.05) is 34.7 Å². The molecule has 0 aromatic carbocycles. The number of unbranched alkanes of at least 4 members (excludes halogenated alkanes) is 1. The standard InChI is InChI=1S/C9H11BBr2O2/c1-2-3-4-6-7(10)9(12,5-11)14-8(6)13/h2-5H2,1H3. The predicted molar refractivity (Wildman–Crippen MR) is 63.8 cm³/mol. The van der Waals surface area contributed by atoms with Crippen LogP contribution in [0.2, 0.25) is 0 Å². The summed E-state index contributed by atoms with van der Waals surface area (Å²) in [5.74, 6) is -0.299. The summed E-state index contributed by atoms with van der Waals surface area (Å²) in [4.78, 5) is 11.5. The molecule has 0 fully saturated rings. The third-order valence-electron chi connectivity index (χ3n) is 2.18. The fraction of sp³-hybridized carbons (Fsp3) is 0.667. The molecule has 1 aliphatic rings. The fourth-order valence-corrected chi connectivity index (χ4v) is 2.09. The summed E-state index contributed by atoms with van der Waals surface area (Å²) in [7, 11) is 5.86. The molecule has 0 aromatic heterocycles. The third kappa shape index (κ3) is 2.24. The highest BCUT2D eigenvalue weighted by Crippen LogP contribution is 2.39. The Hall–Kier alpha value is 0.235. The molecule has 0 bridgehead atoms. The van der Waals surface area contributed by atoms with Gasteiger partial charge in [0.05, 0.1) is 5.33 Å². The topological polar surface area (TPSA) is 26.3 Å². The number of ether oxygens (including phenoxy) is 1. The van der Waals surface area contributed by atoms with Gasteiger partial charge < -0.3 is 4.74 Å². The summed E-state index contributed by atoms with van der Waals surface area (Å²) in [5, 5.41) is 0.465. The number of hydrogen-bond acceptors (Lipinski definition) is 2. The largest absolute Gasteiger partial charge is 0.440 e.